The third kappa shape index (κ3) is 4.26. The minimum absolute atomic E-state index is 0.00437. The molecule has 3 rings (SSSR count). The van der Waals surface area contributed by atoms with Gasteiger partial charge in [-0.3, -0.25) is 0 Å². The monoisotopic (exact) mass is 391 g/mol. The minimum Gasteiger partial charge on any atom is -0.507 e. The van der Waals surface area contributed by atoms with E-state index < -0.39 is 5.60 Å². The summed E-state index contributed by atoms with van der Waals surface area (Å²) >= 11 is 1.34. The van der Waals surface area contributed by atoms with Gasteiger partial charge in [-0.15, -0.1) is 0 Å². The molecule has 0 aliphatic carbocycles. The van der Waals surface area contributed by atoms with Crippen LogP contribution in [0.25, 0.3) is 0 Å². The molecule has 0 spiro atoms. The standard InChI is InChI=1S/C20H22FNO4S/c1-13(22-24)18-4-3-16(12-19(18)23)27-17-10-14(9-15(21)11-17)20(25-2)5-7-26-8-6-20/h3-4,9-12,23-24H,5-8H2,1-2H3. The number of rotatable bonds is 5. The summed E-state index contributed by atoms with van der Waals surface area (Å²) in [5.41, 5.74) is 1.01. The number of oxime groups is 1. The first-order valence-corrected chi connectivity index (χ1v) is 9.43. The zero-order valence-corrected chi connectivity index (χ0v) is 16.1. The fraction of sp³-hybridized carbons (Fsp3) is 0.350. The molecule has 0 unspecified atom stereocenters. The Morgan fingerprint density at radius 2 is 1.93 bits per heavy atom. The zero-order chi connectivity index (χ0) is 19.4. The molecule has 0 radical (unpaired) electrons. The van der Waals surface area contributed by atoms with Crippen LogP contribution in [0.15, 0.2) is 51.3 Å². The smallest absolute Gasteiger partial charge is 0.125 e. The zero-order valence-electron chi connectivity index (χ0n) is 15.2. The molecule has 2 N–H and O–H groups in total. The average Bonchev–Trinajstić information content (AvgIpc) is 2.67. The lowest BCUT2D eigenvalue weighted by Crippen LogP contribution is -2.35. The Bertz CT molecular complexity index is 850. The van der Waals surface area contributed by atoms with Crippen LogP contribution in [0.1, 0.15) is 30.9 Å². The number of halogens is 1. The molecule has 0 bridgehead atoms. The van der Waals surface area contributed by atoms with Crippen LogP contribution in [0.4, 0.5) is 4.39 Å². The highest BCUT2D eigenvalue weighted by atomic mass is 32.2. The predicted molar refractivity (Wildman–Crippen MR) is 101 cm³/mol. The van der Waals surface area contributed by atoms with Crippen molar-refractivity contribution in [1.29, 1.82) is 0 Å². The number of phenolic OH excluding ortho intramolecular Hbond substituents is 1. The molecular weight excluding hydrogens is 369 g/mol. The first-order chi connectivity index (χ1) is 13.0. The van der Waals surface area contributed by atoms with Gasteiger partial charge in [0.2, 0.25) is 0 Å². The highest BCUT2D eigenvalue weighted by Crippen LogP contribution is 2.39. The number of aromatic hydroxyl groups is 1. The number of nitrogens with zero attached hydrogens (tertiary/aromatic N) is 1. The van der Waals surface area contributed by atoms with E-state index in [-0.39, 0.29) is 11.6 Å². The van der Waals surface area contributed by atoms with Crippen LogP contribution in [0.3, 0.4) is 0 Å². The van der Waals surface area contributed by atoms with Crippen molar-refractivity contribution in [3.8, 4) is 5.75 Å². The second-order valence-electron chi connectivity index (χ2n) is 6.45. The molecule has 1 fully saturated rings. The van der Waals surface area contributed by atoms with E-state index in [9.17, 15) is 9.50 Å². The van der Waals surface area contributed by atoms with E-state index >= 15 is 0 Å². The third-order valence-corrected chi connectivity index (χ3v) is 5.79. The van der Waals surface area contributed by atoms with Gasteiger partial charge in [-0.25, -0.2) is 4.39 Å². The maximum atomic E-state index is 14.3. The first-order valence-electron chi connectivity index (χ1n) is 8.61. The maximum absolute atomic E-state index is 14.3. The molecule has 0 saturated carbocycles. The number of phenols is 1. The third-order valence-electron chi connectivity index (χ3n) is 4.83. The summed E-state index contributed by atoms with van der Waals surface area (Å²) in [5.74, 6) is -0.327. The lowest BCUT2D eigenvalue weighted by molar-refractivity contribution is -0.0950. The molecule has 0 atom stereocenters. The summed E-state index contributed by atoms with van der Waals surface area (Å²) in [6, 6.07) is 9.93. The molecule has 1 saturated heterocycles. The first kappa shape index (κ1) is 19.7. The van der Waals surface area contributed by atoms with Gasteiger partial charge in [-0.1, -0.05) is 16.9 Å². The fourth-order valence-electron chi connectivity index (χ4n) is 3.27. The summed E-state index contributed by atoms with van der Waals surface area (Å²) < 4.78 is 25.5. The van der Waals surface area contributed by atoms with Gasteiger partial charge < -0.3 is 19.8 Å². The number of benzene rings is 2. The van der Waals surface area contributed by atoms with E-state index in [2.05, 4.69) is 5.16 Å². The molecule has 2 aromatic carbocycles. The molecule has 5 nitrogen and oxygen atoms in total. The second-order valence-corrected chi connectivity index (χ2v) is 7.60. The highest BCUT2D eigenvalue weighted by Gasteiger charge is 2.35. The number of ether oxygens (including phenoxy) is 2. The van der Waals surface area contributed by atoms with E-state index in [1.165, 1.54) is 23.9 Å². The molecule has 1 aliphatic rings. The molecular formula is C20H22FNO4S. The summed E-state index contributed by atoms with van der Waals surface area (Å²) in [5, 5.41) is 22.1. The number of hydrogen-bond acceptors (Lipinski definition) is 6. The molecule has 144 valence electrons. The molecule has 2 aromatic rings. The van der Waals surface area contributed by atoms with Crippen LogP contribution >= 0.6 is 11.8 Å². The number of hydrogen-bond donors (Lipinski definition) is 2. The van der Waals surface area contributed by atoms with Crippen molar-refractivity contribution in [3.63, 3.8) is 0 Å². The maximum Gasteiger partial charge on any atom is 0.125 e. The second kappa shape index (κ2) is 8.29. The van der Waals surface area contributed by atoms with Crippen LogP contribution in [0.5, 0.6) is 5.75 Å². The summed E-state index contributed by atoms with van der Waals surface area (Å²) in [6.45, 7) is 2.75. The van der Waals surface area contributed by atoms with Crippen molar-refractivity contribution in [3.05, 3.63) is 53.3 Å². The van der Waals surface area contributed by atoms with E-state index in [0.717, 1.165) is 10.5 Å². The van der Waals surface area contributed by atoms with Crippen LogP contribution in [-0.2, 0) is 15.1 Å². The van der Waals surface area contributed by atoms with E-state index in [0.29, 0.717) is 42.2 Å². The van der Waals surface area contributed by atoms with Gasteiger partial charge in [0.25, 0.3) is 0 Å². The molecule has 0 aromatic heterocycles. The quantitative estimate of drug-likeness (QED) is 0.445. The predicted octanol–water partition coefficient (Wildman–Crippen LogP) is 4.53. The lowest BCUT2D eigenvalue weighted by Gasteiger charge is -2.36. The van der Waals surface area contributed by atoms with Crippen LogP contribution in [0.2, 0.25) is 0 Å². The van der Waals surface area contributed by atoms with Crippen molar-refractivity contribution < 1.29 is 24.2 Å². The van der Waals surface area contributed by atoms with Gasteiger partial charge in [0.15, 0.2) is 0 Å². The van der Waals surface area contributed by atoms with Gasteiger partial charge in [0, 0.05) is 48.5 Å². The van der Waals surface area contributed by atoms with Gasteiger partial charge >= 0.3 is 0 Å². The van der Waals surface area contributed by atoms with Gasteiger partial charge in [0.1, 0.15) is 11.6 Å². The highest BCUT2D eigenvalue weighted by molar-refractivity contribution is 7.99. The Kier molecular flexibility index (Phi) is 6.04. The summed E-state index contributed by atoms with van der Waals surface area (Å²) in [7, 11) is 1.64. The van der Waals surface area contributed by atoms with E-state index in [1.807, 2.05) is 6.07 Å². The van der Waals surface area contributed by atoms with Crippen molar-refractivity contribution in [1.82, 2.24) is 0 Å². The molecule has 1 aliphatic heterocycles. The van der Waals surface area contributed by atoms with Crippen molar-refractivity contribution >= 4 is 17.5 Å². The molecule has 27 heavy (non-hydrogen) atoms. The van der Waals surface area contributed by atoms with Gasteiger partial charge in [0.05, 0.1) is 11.3 Å². The normalized spacial score (nSPS) is 17.1. The van der Waals surface area contributed by atoms with Crippen LogP contribution in [0, 0.1) is 5.82 Å². The SMILES string of the molecule is COC1(c2cc(F)cc(Sc3ccc(C(C)=NO)c(O)c3)c2)CCOCC1. The Morgan fingerprint density at radius 1 is 1.19 bits per heavy atom. The topological polar surface area (TPSA) is 71.3 Å². The largest absolute Gasteiger partial charge is 0.507 e. The summed E-state index contributed by atoms with van der Waals surface area (Å²) in [4.78, 5) is 1.46. The lowest BCUT2D eigenvalue weighted by atomic mass is 9.86. The van der Waals surface area contributed by atoms with E-state index in [4.69, 9.17) is 14.7 Å². The Hall–Kier alpha value is -2.09. The summed E-state index contributed by atoms with van der Waals surface area (Å²) in [6.07, 6.45) is 1.35. The Morgan fingerprint density at radius 3 is 2.56 bits per heavy atom. The molecule has 1 heterocycles. The average molecular weight is 391 g/mol. The fourth-order valence-corrected chi connectivity index (χ4v) is 4.20. The minimum atomic E-state index is -0.545. The van der Waals surface area contributed by atoms with Crippen LogP contribution < -0.4 is 0 Å². The van der Waals surface area contributed by atoms with Gasteiger partial charge in [-0.2, -0.15) is 0 Å². The van der Waals surface area contributed by atoms with Crippen molar-refractivity contribution in [2.45, 2.75) is 35.2 Å². The van der Waals surface area contributed by atoms with Crippen LogP contribution in [-0.4, -0.2) is 36.3 Å². The Labute approximate surface area is 161 Å². The Balaban J connectivity index is 1.90. The number of methoxy groups -OCH3 is 1. The molecule has 7 heteroatoms. The molecule has 0 amide bonds. The van der Waals surface area contributed by atoms with Gasteiger partial charge in [-0.05, 0) is 48.9 Å². The van der Waals surface area contributed by atoms with E-state index in [1.54, 1.807) is 32.2 Å². The van der Waals surface area contributed by atoms with Crippen molar-refractivity contribution in [2.24, 2.45) is 5.16 Å². The van der Waals surface area contributed by atoms with Crippen molar-refractivity contribution in [2.75, 3.05) is 20.3 Å².